The summed E-state index contributed by atoms with van der Waals surface area (Å²) in [7, 11) is -3.26. The van der Waals surface area contributed by atoms with Crippen LogP contribution in [-0.4, -0.2) is 19.9 Å². The van der Waals surface area contributed by atoms with Gasteiger partial charge >= 0.3 is 0 Å². The first-order valence-electron chi connectivity index (χ1n) is 6.20. The number of aromatic amines is 1. The zero-order valence-corrected chi connectivity index (χ0v) is 11.7. The van der Waals surface area contributed by atoms with Crippen LogP contribution in [0.15, 0.2) is 42.7 Å². The van der Waals surface area contributed by atoms with Crippen LogP contribution in [0.2, 0.25) is 0 Å². The van der Waals surface area contributed by atoms with E-state index in [2.05, 4.69) is 9.71 Å². The highest BCUT2D eigenvalue weighted by Crippen LogP contribution is 2.07. The lowest BCUT2D eigenvalue weighted by molar-refractivity contribution is 0.581. The van der Waals surface area contributed by atoms with Crippen LogP contribution in [0.25, 0.3) is 0 Å². The number of sulfonamides is 1. The highest BCUT2D eigenvalue weighted by molar-refractivity contribution is 7.88. The lowest BCUT2D eigenvalue weighted by Crippen LogP contribution is -2.27. The molecule has 4 nitrogen and oxygen atoms in total. The quantitative estimate of drug-likeness (QED) is 0.849. The Hall–Kier alpha value is -1.59. The van der Waals surface area contributed by atoms with E-state index >= 15 is 0 Å². The molecule has 19 heavy (non-hydrogen) atoms. The fraction of sp³-hybridized carbons (Fsp3) is 0.286. The first kappa shape index (κ1) is 13.8. The molecular formula is C14H18N2O2S. The Morgan fingerprint density at radius 3 is 2.47 bits per heavy atom. The molecule has 2 rings (SSSR count). The number of nitrogens with one attached hydrogen (secondary N) is 2. The molecule has 2 aromatic rings. The largest absolute Gasteiger partial charge is 0.367 e. The smallest absolute Gasteiger partial charge is 0.215 e. The van der Waals surface area contributed by atoms with Crippen LogP contribution in [-0.2, 0) is 22.2 Å². The van der Waals surface area contributed by atoms with Crippen LogP contribution in [0.5, 0.6) is 0 Å². The minimum atomic E-state index is -3.26. The van der Waals surface area contributed by atoms with Crippen molar-refractivity contribution in [2.75, 3.05) is 6.54 Å². The van der Waals surface area contributed by atoms with Gasteiger partial charge in [0.2, 0.25) is 10.0 Å². The molecule has 0 aliphatic heterocycles. The van der Waals surface area contributed by atoms with Crippen molar-refractivity contribution in [3.63, 3.8) is 0 Å². The van der Waals surface area contributed by atoms with Crippen molar-refractivity contribution in [3.05, 3.63) is 59.4 Å². The molecule has 2 N–H and O–H groups in total. The number of benzene rings is 1. The highest BCUT2D eigenvalue weighted by atomic mass is 32.2. The van der Waals surface area contributed by atoms with Gasteiger partial charge in [-0.15, -0.1) is 0 Å². The minimum absolute atomic E-state index is 0.0282. The third-order valence-corrected chi connectivity index (χ3v) is 4.23. The molecule has 0 bridgehead atoms. The van der Waals surface area contributed by atoms with Gasteiger partial charge in [0.25, 0.3) is 0 Å². The van der Waals surface area contributed by atoms with Gasteiger partial charge < -0.3 is 4.98 Å². The van der Waals surface area contributed by atoms with Gasteiger partial charge in [0.15, 0.2) is 0 Å². The fourth-order valence-electron chi connectivity index (χ4n) is 1.82. The Morgan fingerprint density at radius 2 is 1.84 bits per heavy atom. The van der Waals surface area contributed by atoms with Crippen molar-refractivity contribution in [2.24, 2.45) is 0 Å². The van der Waals surface area contributed by atoms with Crippen LogP contribution in [0, 0.1) is 6.92 Å². The third kappa shape index (κ3) is 4.54. The first-order chi connectivity index (χ1) is 9.05. The molecule has 5 heteroatoms. The highest BCUT2D eigenvalue weighted by Gasteiger charge is 2.10. The molecule has 1 heterocycles. The van der Waals surface area contributed by atoms with Crippen LogP contribution in [0.1, 0.15) is 16.7 Å². The van der Waals surface area contributed by atoms with Crippen molar-refractivity contribution in [1.29, 1.82) is 0 Å². The molecule has 0 spiro atoms. The average Bonchev–Trinajstić information content (AvgIpc) is 2.85. The zero-order valence-electron chi connectivity index (χ0n) is 10.9. The number of hydrogen-bond donors (Lipinski definition) is 2. The fourth-order valence-corrected chi connectivity index (χ4v) is 2.97. The second kappa shape index (κ2) is 6.04. The van der Waals surface area contributed by atoms with Gasteiger partial charge in [-0.25, -0.2) is 13.1 Å². The molecule has 0 amide bonds. The average molecular weight is 278 g/mol. The number of hydrogen-bond acceptors (Lipinski definition) is 2. The number of aryl methyl sites for hydroxylation is 1. The number of H-pyrrole nitrogens is 1. The molecule has 0 aliphatic carbocycles. The predicted molar refractivity (Wildman–Crippen MR) is 76.3 cm³/mol. The summed E-state index contributed by atoms with van der Waals surface area (Å²) in [6.45, 7) is 2.40. The van der Waals surface area contributed by atoms with Gasteiger partial charge in [0.05, 0.1) is 5.75 Å². The molecule has 1 aromatic heterocycles. The Balaban J connectivity index is 1.86. The van der Waals surface area contributed by atoms with E-state index in [0.29, 0.717) is 13.0 Å². The molecule has 0 aliphatic rings. The van der Waals surface area contributed by atoms with Crippen molar-refractivity contribution < 1.29 is 8.42 Å². The molecule has 0 radical (unpaired) electrons. The molecular weight excluding hydrogens is 260 g/mol. The normalized spacial score (nSPS) is 11.6. The van der Waals surface area contributed by atoms with E-state index in [4.69, 9.17) is 0 Å². The van der Waals surface area contributed by atoms with Gasteiger partial charge in [0.1, 0.15) is 0 Å². The summed E-state index contributed by atoms with van der Waals surface area (Å²) >= 11 is 0. The van der Waals surface area contributed by atoms with E-state index in [1.165, 1.54) is 0 Å². The van der Waals surface area contributed by atoms with Crippen LogP contribution in [0.3, 0.4) is 0 Å². The molecule has 0 unspecified atom stereocenters. The van der Waals surface area contributed by atoms with Gasteiger partial charge in [-0.05, 0) is 30.5 Å². The molecule has 102 valence electrons. The lowest BCUT2D eigenvalue weighted by Gasteiger charge is -2.06. The summed E-state index contributed by atoms with van der Waals surface area (Å²) in [5.74, 6) is 0.0282. The minimum Gasteiger partial charge on any atom is -0.367 e. The molecule has 0 saturated carbocycles. The molecule has 0 saturated heterocycles. The van der Waals surface area contributed by atoms with Crippen LogP contribution < -0.4 is 4.72 Å². The van der Waals surface area contributed by atoms with Crippen molar-refractivity contribution in [1.82, 2.24) is 9.71 Å². The maximum absolute atomic E-state index is 11.9. The van der Waals surface area contributed by atoms with E-state index < -0.39 is 10.0 Å². The zero-order chi connectivity index (χ0) is 13.7. The van der Waals surface area contributed by atoms with E-state index in [1.54, 1.807) is 0 Å². The first-order valence-corrected chi connectivity index (χ1v) is 7.85. The lowest BCUT2D eigenvalue weighted by atomic mass is 10.2. The monoisotopic (exact) mass is 278 g/mol. The number of aromatic nitrogens is 1. The summed E-state index contributed by atoms with van der Waals surface area (Å²) in [4.78, 5) is 2.95. The van der Waals surface area contributed by atoms with E-state index in [9.17, 15) is 8.42 Å². The predicted octanol–water partition coefficient (Wildman–Crippen LogP) is 1.99. The second-order valence-corrected chi connectivity index (χ2v) is 6.42. The van der Waals surface area contributed by atoms with E-state index in [-0.39, 0.29) is 5.75 Å². The summed E-state index contributed by atoms with van der Waals surface area (Å²) < 4.78 is 26.4. The summed E-state index contributed by atoms with van der Waals surface area (Å²) in [5.41, 5.74) is 3.03. The number of rotatable bonds is 6. The van der Waals surface area contributed by atoms with E-state index in [1.807, 2.05) is 49.6 Å². The molecule has 1 aromatic carbocycles. The summed E-state index contributed by atoms with van der Waals surface area (Å²) in [6, 6.07) is 9.48. The van der Waals surface area contributed by atoms with Gasteiger partial charge in [-0.3, -0.25) is 0 Å². The van der Waals surface area contributed by atoms with E-state index in [0.717, 1.165) is 16.7 Å². The topological polar surface area (TPSA) is 62.0 Å². The van der Waals surface area contributed by atoms with Crippen molar-refractivity contribution in [3.8, 4) is 0 Å². The Bertz CT molecular complexity index is 601. The Morgan fingerprint density at radius 1 is 1.11 bits per heavy atom. The van der Waals surface area contributed by atoms with Gasteiger partial charge in [0, 0.05) is 18.9 Å². The standard InChI is InChI=1S/C14H18N2O2S/c1-12-2-4-14(5-3-12)11-19(17,18)16-9-7-13-6-8-15-10-13/h2-6,8,10,15-16H,7,9,11H2,1H3. The van der Waals surface area contributed by atoms with Crippen LogP contribution >= 0.6 is 0 Å². The van der Waals surface area contributed by atoms with Crippen LogP contribution in [0.4, 0.5) is 0 Å². The summed E-state index contributed by atoms with van der Waals surface area (Å²) in [5, 5.41) is 0. The third-order valence-electron chi connectivity index (χ3n) is 2.88. The van der Waals surface area contributed by atoms with Gasteiger partial charge in [-0.2, -0.15) is 0 Å². The SMILES string of the molecule is Cc1ccc(CS(=O)(=O)NCCc2cc[nH]c2)cc1. The Kier molecular flexibility index (Phi) is 4.39. The van der Waals surface area contributed by atoms with Gasteiger partial charge in [-0.1, -0.05) is 29.8 Å². The molecule has 0 fully saturated rings. The maximum atomic E-state index is 11.9. The van der Waals surface area contributed by atoms with Crippen molar-refractivity contribution >= 4 is 10.0 Å². The maximum Gasteiger partial charge on any atom is 0.215 e. The van der Waals surface area contributed by atoms with Crippen molar-refractivity contribution in [2.45, 2.75) is 19.1 Å². The summed E-state index contributed by atoms with van der Waals surface area (Å²) in [6.07, 6.45) is 4.39. The second-order valence-electron chi connectivity index (χ2n) is 4.61. The molecule has 0 atom stereocenters. The Labute approximate surface area is 113 Å².